The molecular formula is C20H21ClN4O. The molecule has 0 amide bonds. The lowest BCUT2D eigenvalue weighted by molar-refractivity contribution is 0.414. The molecule has 4 rings (SSSR count). The molecule has 0 saturated heterocycles. The molecule has 2 heterocycles. The first-order chi connectivity index (χ1) is 12.5. The molecule has 0 radical (unpaired) electrons. The molecule has 2 N–H and O–H groups in total. The Labute approximate surface area is 157 Å². The van der Waals surface area contributed by atoms with Gasteiger partial charge in [0.25, 0.3) is 0 Å². The van der Waals surface area contributed by atoms with E-state index in [0.717, 1.165) is 36.3 Å². The fourth-order valence-electron chi connectivity index (χ4n) is 3.96. The fourth-order valence-corrected chi connectivity index (χ4v) is 4.08. The van der Waals surface area contributed by atoms with Crippen LogP contribution in [0.2, 0.25) is 5.15 Å². The maximum Gasteiger partial charge on any atom is 0.200 e. The monoisotopic (exact) mass is 368 g/mol. The van der Waals surface area contributed by atoms with Crippen molar-refractivity contribution < 1.29 is 4.74 Å². The first kappa shape index (κ1) is 16.9. The molecule has 1 aliphatic rings. The van der Waals surface area contributed by atoms with E-state index < -0.39 is 0 Å². The third-order valence-electron chi connectivity index (χ3n) is 5.35. The van der Waals surface area contributed by atoms with Crippen LogP contribution in [0.3, 0.4) is 0 Å². The molecule has 0 spiro atoms. The molecule has 3 aromatic rings. The van der Waals surface area contributed by atoms with Crippen LogP contribution in [0.4, 0.5) is 5.95 Å². The van der Waals surface area contributed by atoms with E-state index in [1.807, 2.05) is 42.2 Å². The zero-order valence-electron chi connectivity index (χ0n) is 14.9. The van der Waals surface area contributed by atoms with Crippen molar-refractivity contribution >= 4 is 17.5 Å². The Morgan fingerprint density at radius 2 is 2.15 bits per heavy atom. The maximum absolute atomic E-state index is 6.05. The lowest BCUT2D eigenvalue weighted by atomic mass is 9.74. The highest BCUT2D eigenvalue weighted by atomic mass is 35.5. The number of aryl methyl sites for hydroxylation is 2. The predicted molar refractivity (Wildman–Crippen MR) is 103 cm³/mol. The summed E-state index contributed by atoms with van der Waals surface area (Å²) < 4.78 is 7.28. The molecule has 1 aromatic carbocycles. The molecule has 1 aliphatic carbocycles. The first-order valence-electron chi connectivity index (χ1n) is 8.59. The van der Waals surface area contributed by atoms with Crippen LogP contribution in [0.25, 0.3) is 0 Å². The number of methoxy groups -OCH3 is 1. The summed E-state index contributed by atoms with van der Waals surface area (Å²) in [5.74, 6) is 1.41. The summed E-state index contributed by atoms with van der Waals surface area (Å²) in [7, 11) is 3.62. The molecule has 2 aromatic heterocycles. The lowest BCUT2D eigenvalue weighted by Gasteiger charge is -2.29. The van der Waals surface area contributed by atoms with Gasteiger partial charge in [-0.2, -0.15) is 0 Å². The van der Waals surface area contributed by atoms with Crippen molar-refractivity contribution in [3.63, 3.8) is 0 Å². The highest BCUT2D eigenvalue weighted by molar-refractivity contribution is 6.29. The van der Waals surface area contributed by atoms with E-state index in [2.05, 4.69) is 22.1 Å². The summed E-state index contributed by atoms with van der Waals surface area (Å²) >= 11 is 5.96. The maximum atomic E-state index is 6.05. The summed E-state index contributed by atoms with van der Waals surface area (Å²) in [6, 6.07) is 10.2. The second kappa shape index (κ2) is 6.32. The van der Waals surface area contributed by atoms with Crippen LogP contribution in [0, 0.1) is 0 Å². The highest BCUT2D eigenvalue weighted by Gasteiger charge is 2.42. The van der Waals surface area contributed by atoms with E-state index in [4.69, 9.17) is 22.1 Å². The summed E-state index contributed by atoms with van der Waals surface area (Å²) in [6.45, 7) is 0. The summed E-state index contributed by atoms with van der Waals surface area (Å²) in [4.78, 5) is 8.93. The number of ether oxygens (including phenoxy) is 1. The molecule has 1 unspecified atom stereocenters. The van der Waals surface area contributed by atoms with Crippen LogP contribution in [0.1, 0.15) is 28.8 Å². The number of halogens is 1. The summed E-state index contributed by atoms with van der Waals surface area (Å²) in [5, 5.41) is 0.501. The van der Waals surface area contributed by atoms with Crippen molar-refractivity contribution in [2.45, 2.75) is 24.7 Å². The smallest absolute Gasteiger partial charge is 0.200 e. The number of fused-ring (bicyclic) bond motifs is 1. The Balaban J connectivity index is 1.85. The molecule has 6 heteroatoms. The third kappa shape index (κ3) is 2.72. The number of anilines is 1. The van der Waals surface area contributed by atoms with Crippen molar-refractivity contribution in [2.24, 2.45) is 7.05 Å². The number of nitrogens with two attached hydrogens (primary N) is 1. The van der Waals surface area contributed by atoms with Gasteiger partial charge in [-0.05, 0) is 54.2 Å². The van der Waals surface area contributed by atoms with Crippen molar-refractivity contribution in [3.05, 3.63) is 70.3 Å². The van der Waals surface area contributed by atoms with Gasteiger partial charge in [0.2, 0.25) is 0 Å². The summed E-state index contributed by atoms with van der Waals surface area (Å²) in [5.41, 5.74) is 10.5. The minimum atomic E-state index is -0.230. The highest BCUT2D eigenvalue weighted by Crippen LogP contribution is 2.47. The molecule has 26 heavy (non-hydrogen) atoms. The van der Waals surface area contributed by atoms with Gasteiger partial charge in [0, 0.05) is 24.9 Å². The molecule has 0 saturated carbocycles. The zero-order valence-corrected chi connectivity index (χ0v) is 15.6. The molecule has 5 nitrogen and oxygen atoms in total. The Morgan fingerprint density at radius 1 is 1.31 bits per heavy atom. The Kier molecular flexibility index (Phi) is 4.11. The van der Waals surface area contributed by atoms with Crippen LogP contribution in [0.15, 0.2) is 42.7 Å². The quantitative estimate of drug-likeness (QED) is 0.715. The first-order valence-corrected chi connectivity index (χ1v) is 8.97. The fraction of sp³-hybridized carbons (Fsp3) is 0.300. The van der Waals surface area contributed by atoms with Crippen molar-refractivity contribution in [2.75, 3.05) is 12.8 Å². The van der Waals surface area contributed by atoms with Crippen LogP contribution < -0.4 is 10.5 Å². The van der Waals surface area contributed by atoms with Gasteiger partial charge < -0.3 is 15.0 Å². The van der Waals surface area contributed by atoms with E-state index in [-0.39, 0.29) is 5.41 Å². The van der Waals surface area contributed by atoms with Crippen molar-refractivity contribution in [1.29, 1.82) is 0 Å². The third-order valence-corrected chi connectivity index (χ3v) is 5.57. The average Bonchev–Trinajstić information content (AvgIpc) is 3.18. The van der Waals surface area contributed by atoms with E-state index in [1.165, 1.54) is 11.1 Å². The second-order valence-corrected chi connectivity index (χ2v) is 7.25. The number of aromatic nitrogens is 3. The van der Waals surface area contributed by atoms with Gasteiger partial charge in [0.1, 0.15) is 10.9 Å². The number of nitrogen functional groups attached to an aromatic ring is 1. The number of hydrogen-bond donors (Lipinski definition) is 1. The van der Waals surface area contributed by atoms with Crippen LogP contribution in [-0.2, 0) is 25.3 Å². The van der Waals surface area contributed by atoms with E-state index in [1.54, 1.807) is 7.11 Å². The number of benzene rings is 1. The van der Waals surface area contributed by atoms with Crippen LogP contribution in [0.5, 0.6) is 5.75 Å². The zero-order chi connectivity index (χ0) is 18.3. The van der Waals surface area contributed by atoms with Gasteiger partial charge in [0.05, 0.1) is 12.8 Å². The van der Waals surface area contributed by atoms with Gasteiger partial charge in [0.15, 0.2) is 5.95 Å². The number of hydrogen-bond acceptors (Lipinski definition) is 4. The molecule has 0 aliphatic heterocycles. The van der Waals surface area contributed by atoms with Crippen LogP contribution in [-0.4, -0.2) is 21.6 Å². The molecular weight excluding hydrogens is 348 g/mol. The topological polar surface area (TPSA) is 66.0 Å². The minimum absolute atomic E-state index is 0.230. The van der Waals surface area contributed by atoms with E-state index in [9.17, 15) is 0 Å². The normalized spacial score (nSPS) is 18.7. The molecule has 0 bridgehead atoms. The Bertz CT molecular complexity index is 931. The lowest BCUT2D eigenvalue weighted by Crippen LogP contribution is -2.28. The Hall–Kier alpha value is -2.53. The predicted octanol–water partition coefficient (Wildman–Crippen LogP) is 3.53. The second-order valence-electron chi connectivity index (χ2n) is 6.87. The number of imidazole rings is 1. The number of nitrogens with zero attached hydrogens (tertiary/aromatic N) is 3. The molecule has 1 atom stereocenters. The van der Waals surface area contributed by atoms with Crippen molar-refractivity contribution in [1.82, 2.24) is 14.5 Å². The molecule has 0 fully saturated rings. The van der Waals surface area contributed by atoms with E-state index in [0.29, 0.717) is 11.1 Å². The largest absolute Gasteiger partial charge is 0.497 e. The van der Waals surface area contributed by atoms with Gasteiger partial charge in [-0.15, -0.1) is 0 Å². The van der Waals surface area contributed by atoms with Crippen molar-refractivity contribution in [3.8, 4) is 5.75 Å². The van der Waals surface area contributed by atoms with Gasteiger partial charge >= 0.3 is 0 Å². The SMILES string of the molecule is COc1ccc2c(c1)CCC2(Cc1ccc(Cl)nc1)c1cn(C)c(N)n1. The average molecular weight is 369 g/mol. The van der Waals surface area contributed by atoms with Gasteiger partial charge in [-0.25, -0.2) is 9.97 Å². The number of pyridine rings is 1. The van der Waals surface area contributed by atoms with Crippen LogP contribution >= 0.6 is 11.6 Å². The van der Waals surface area contributed by atoms with Gasteiger partial charge in [-0.1, -0.05) is 23.7 Å². The number of rotatable bonds is 4. The van der Waals surface area contributed by atoms with E-state index >= 15 is 0 Å². The standard InChI is InChI=1S/C20H21ClN4O/c1-25-12-17(24-19(25)22)20(10-13-3-6-18(21)23-11-13)8-7-14-9-15(26-2)4-5-16(14)20/h3-6,9,11-12H,7-8,10H2,1-2H3,(H2,22,24). The minimum Gasteiger partial charge on any atom is -0.497 e. The summed E-state index contributed by atoms with van der Waals surface area (Å²) in [6.07, 6.45) is 6.63. The van der Waals surface area contributed by atoms with Gasteiger partial charge in [-0.3, -0.25) is 0 Å². The Morgan fingerprint density at radius 3 is 2.81 bits per heavy atom. The molecule has 134 valence electrons.